The molecule has 2 aromatic rings. The minimum atomic E-state index is -3.69. The molecule has 1 aliphatic carbocycles. The highest BCUT2D eigenvalue weighted by atomic mass is 32.2. The minimum absolute atomic E-state index is 0.0486. The molecule has 0 radical (unpaired) electrons. The largest absolute Gasteiger partial charge is 0.495 e. The maximum atomic E-state index is 12.6. The summed E-state index contributed by atoms with van der Waals surface area (Å²) >= 11 is 0. The molecule has 2 atom stereocenters. The van der Waals surface area contributed by atoms with Crippen LogP contribution < -0.4 is 10.1 Å². The van der Waals surface area contributed by atoms with Crippen molar-refractivity contribution in [2.45, 2.75) is 43.5 Å². The second-order valence-electron chi connectivity index (χ2n) is 7.66. The summed E-state index contributed by atoms with van der Waals surface area (Å²) in [7, 11) is 0.656. The number of hydrogen-bond donors (Lipinski definition) is 2. The number of carbonyl (C=O) groups is 1. The number of nitrogens with one attached hydrogen (secondary N) is 2. The van der Waals surface area contributed by atoms with E-state index in [1.807, 2.05) is 0 Å². The number of ether oxygens (including phenoxy) is 1. The zero-order valence-corrected chi connectivity index (χ0v) is 18.0. The van der Waals surface area contributed by atoms with E-state index in [1.165, 1.54) is 33.7 Å². The molecule has 0 bridgehead atoms. The third kappa shape index (κ3) is 4.45. The molecule has 0 unspecified atom stereocenters. The first-order valence-corrected chi connectivity index (χ1v) is 11.1. The quantitative estimate of drug-likeness (QED) is 0.748. The Bertz CT molecular complexity index is 984. The molecule has 1 aromatic heterocycles. The first-order chi connectivity index (χ1) is 13.7. The molecular weight excluding hydrogens is 392 g/mol. The third-order valence-electron chi connectivity index (χ3n) is 5.47. The summed E-state index contributed by atoms with van der Waals surface area (Å²) in [6.45, 7) is 2.16. The van der Waals surface area contributed by atoms with Crippen LogP contribution in [-0.2, 0) is 10.0 Å². The van der Waals surface area contributed by atoms with Crippen molar-refractivity contribution in [1.29, 1.82) is 0 Å². The van der Waals surface area contributed by atoms with E-state index in [0.717, 1.165) is 23.6 Å². The van der Waals surface area contributed by atoms with Gasteiger partial charge in [-0.05, 0) is 43.0 Å². The van der Waals surface area contributed by atoms with Crippen molar-refractivity contribution in [3.8, 4) is 17.0 Å². The van der Waals surface area contributed by atoms with Crippen LogP contribution in [0.1, 0.15) is 43.1 Å². The third-order valence-corrected chi connectivity index (χ3v) is 7.30. The molecule has 3 rings (SSSR count). The summed E-state index contributed by atoms with van der Waals surface area (Å²) in [5.74, 6) is 0.509. The number of methoxy groups -OCH3 is 1. The molecule has 1 fully saturated rings. The van der Waals surface area contributed by atoms with Crippen LogP contribution in [0, 0.1) is 5.92 Å². The second kappa shape index (κ2) is 8.54. The summed E-state index contributed by atoms with van der Waals surface area (Å²) in [4.78, 5) is 12.7. The van der Waals surface area contributed by atoms with Crippen molar-refractivity contribution < 1.29 is 17.9 Å². The molecule has 1 aliphatic rings. The average Bonchev–Trinajstić information content (AvgIpc) is 3.19. The highest BCUT2D eigenvalue weighted by molar-refractivity contribution is 7.89. The number of H-pyrrole nitrogens is 1. The molecule has 29 heavy (non-hydrogen) atoms. The Hall–Kier alpha value is -2.39. The van der Waals surface area contributed by atoms with E-state index in [9.17, 15) is 13.2 Å². The van der Waals surface area contributed by atoms with Crippen LogP contribution in [-0.4, -0.2) is 56.1 Å². The van der Waals surface area contributed by atoms with E-state index < -0.39 is 10.0 Å². The van der Waals surface area contributed by atoms with Gasteiger partial charge >= 0.3 is 0 Å². The fourth-order valence-corrected chi connectivity index (χ4v) is 4.67. The van der Waals surface area contributed by atoms with Crippen molar-refractivity contribution in [2.24, 2.45) is 5.92 Å². The predicted molar refractivity (Wildman–Crippen MR) is 110 cm³/mol. The number of hydrogen-bond acceptors (Lipinski definition) is 5. The van der Waals surface area contributed by atoms with Crippen LogP contribution in [0.3, 0.4) is 0 Å². The fourth-order valence-electron chi connectivity index (χ4n) is 3.60. The van der Waals surface area contributed by atoms with Gasteiger partial charge in [-0.15, -0.1) is 0 Å². The molecule has 0 aliphatic heterocycles. The second-order valence-corrected chi connectivity index (χ2v) is 9.78. The van der Waals surface area contributed by atoms with Crippen LogP contribution >= 0.6 is 0 Å². The Balaban J connectivity index is 1.85. The topological polar surface area (TPSA) is 104 Å². The lowest BCUT2D eigenvalue weighted by Crippen LogP contribution is -2.41. The zero-order valence-electron chi connectivity index (χ0n) is 17.2. The van der Waals surface area contributed by atoms with E-state index in [2.05, 4.69) is 22.4 Å². The van der Waals surface area contributed by atoms with Crippen molar-refractivity contribution in [3.63, 3.8) is 0 Å². The molecule has 1 amide bonds. The van der Waals surface area contributed by atoms with Gasteiger partial charge < -0.3 is 10.1 Å². The Kier molecular flexibility index (Phi) is 6.28. The lowest BCUT2D eigenvalue weighted by atomic mass is 9.86. The molecule has 8 nitrogen and oxygen atoms in total. The molecule has 1 heterocycles. The molecule has 0 saturated heterocycles. The van der Waals surface area contributed by atoms with Crippen LogP contribution in [0.15, 0.2) is 29.2 Å². The summed E-state index contributed by atoms with van der Waals surface area (Å²) in [6, 6.07) is 6.62. The van der Waals surface area contributed by atoms with Crippen molar-refractivity contribution in [2.75, 3.05) is 21.2 Å². The summed E-state index contributed by atoms with van der Waals surface area (Å²) in [6.07, 6.45) is 4.43. The van der Waals surface area contributed by atoms with Crippen LogP contribution in [0.5, 0.6) is 5.75 Å². The maximum absolute atomic E-state index is 12.6. The standard InChI is InChI=1S/C20H28N4O4S/c1-13-7-5-6-8-15(13)21-20(25)17-12-16(22-23-17)14-9-10-18(28-4)19(11-14)29(26,27)24(2)3/h9-13,15H,5-8H2,1-4H3,(H,21,25)(H,22,23)/t13-,15+/m1/s1. The van der Waals surface area contributed by atoms with Gasteiger partial charge in [-0.25, -0.2) is 12.7 Å². The molecular formula is C20H28N4O4S. The Morgan fingerprint density at radius 3 is 2.62 bits per heavy atom. The molecule has 158 valence electrons. The van der Waals surface area contributed by atoms with Crippen molar-refractivity contribution in [1.82, 2.24) is 19.8 Å². The van der Waals surface area contributed by atoms with E-state index in [-0.39, 0.29) is 22.6 Å². The fraction of sp³-hybridized carbons (Fsp3) is 0.500. The van der Waals surface area contributed by atoms with E-state index >= 15 is 0 Å². The zero-order chi connectivity index (χ0) is 21.2. The first kappa shape index (κ1) is 21.3. The highest BCUT2D eigenvalue weighted by Crippen LogP contribution is 2.31. The van der Waals surface area contributed by atoms with E-state index in [4.69, 9.17) is 4.74 Å². The van der Waals surface area contributed by atoms with E-state index in [1.54, 1.807) is 18.2 Å². The monoisotopic (exact) mass is 420 g/mol. The number of amides is 1. The molecule has 1 aromatic carbocycles. The van der Waals surface area contributed by atoms with Gasteiger partial charge in [0.1, 0.15) is 16.3 Å². The van der Waals surface area contributed by atoms with Gasteiger partial charge in [0.15, 0.2) is 0 Å². The van der Waals surface area contributed by atoms with Gasteiger partial charge in [-0.1, -0.05) is 19.8 Å². The van der Waals surface area contributed by atoms with Crippen molar-refractivity contribution in [3.05, 3.63) is 30.0 Å². The lowest BCUT2D eigenvalue weighted by molar-refractivity contribution is 0.0905. The summed E-state index contributed by atoms with van der Waals surface area (Å²) < 4.78 is 31.6. The predicted octanol–water partition coefficient (Wildman–Crippen LogP) is 2.64. The first-order valence-electron chi connectivity index (χ1n) is 9.71. The van der Waals surface area contributed by atoms with Gasteiger partial charge in [-0.3, -0.25) is 9.89 Å². The molecule has 9 heteroatoms. The molecule has 0 spiro atoms. The molecule has 2 N–H and O–H groups in total. The number of rotatable bonds is 6. The lowest BCUT2D eigenvalue weighted by Gasteiger charge is -2.29. The van der Waals surface area contributed by atoms with Crippen molar-refractivity contribution >= 4 is 15.9 Å². The van der Waals surface area contributed by atoms with Gasteiger partial charge in [0, 0.05) is 25.7 Å². The van der Waals surface area contributed by atoms with E-state index in [0.29, 0.717) is 22.9 Å². The molecule has 1 saturated carbocycles. The van der Waals surface area contributed by atoms with Crippen LogP contribution in [0.4, 0.5) is 0 Å². The van der Waals surface area contributed by atoms with Gasteiger partial charge in [-0.2, -0.15) is 5.10 Å². The number of aromatic nitrogens is 2. The SMILES string of the molecule is COc1ccc(-c2cc(C(=O)N[C@H]3CCCC[C@H]3C)[nH]n2)cc1S(=O)(=O)N(C)C. The van der Waals surface area contributed by atoms with Gasteiger partial charge in [0.05, 0.1) is 12.8 Å². The number of benzene rings is 1. The Labute approximate surface area is 171 Å². The number of nitrogens with zero attached hydrogens (tertiary/aromatic N) is 2. The summed E-state index contributed by atoms with van der Waals surface area (Å²) in [5.41, 5.74) is 1.42. The van der Waals surface area contributed by atoms with Gasteiger partial charge in [0.25, 0.3) is 5.91 Å². The maximum Gasteiger partial charge on any atom is 0.269 e. The summed E-state index contributed by atoms with van der Waals surface area (Å²) in [5, 5.41) is 10.1. The average molecular weight is 421 g/mol. The van der Waals surface area contributed by atoms with Crippen LogP contribution in [0.2, 0.25) is 0 Å². The smallest absolute Gasteiger partial charge is 0.269 e. The number of carbonyl (C=O) groups excluding carboxylic acids is 1. The Morgan fingerprint density at radius 1 is 1.24 bits per heavy atom. The highest BCUT2D eigenvalue weighted by Gasteiger charge is 2.25. The Morgan fingerprint density at radius 2 is 1.97 bits per heavy atom. The van der Waals surface area contributed by atoms with Crippen LogP contribution in [0.25, 0.3) is 11.3 Å². The van der Waals surface area contributed by atoms with Gasteiger partial charge in [0.2, 0.25) is 10.0 Å². The minimum Gasteiger partial charge on any atom is -0.495 e. The number of sulfonamides is 1. The normalized spacial score (nSPS) is 19.9. The number of aromatic amines is 1.